The molecule has 0 fully saturated rings. The van der Waals surface area contributed by atoms with E-state index in [-0.39, 0.29) is 12.1 Å². The van der Waals surface area contributed by atoms with Crippen LogP contribution in [-0.2, 0) is 12.7 Å². The molecule has 0 unspecified atom stereocenters. The minimum absolute atomic E-state index is 0.155. The van der Waals surface area contributed by atoms with Crippen LogP contribution >= 0.6 is 15.9 Å². The molecule has 2 aromatic rings. The van der Waals surface area contributed by atoms with Gasteiger partial charge < -0.3 is 10.2 Å². The lowest BCUT2D eigenvalue weighted by Gasteiger charge is -2.06. The number of hydrogen-bond donors (Lipinski definition) is 1. The second-order valence-electron chi connectivity index (χ2n) is 3.28. The van der Waals surface area contributed by atoms with Gasteiger partial charge in [-0.1, -0.05) is 15.9 Å². The third-order valence-corrected chi connectivity index (χ3v) is 2.82. The van der Waals surface area contributed by atoms with Crippen molar-refractivity contribution >= 4 is 26.9 Å². The molecule has 0 saturated carbocycles. The summed E-state index contributed by atoms with van der Waals surface area (Å²) in [6, 6.07) is 3.62. The molecular weight excluding hydrogens is 287 g/mol. The first-order valence-corrected chi connectivity index (χ1v) is 5.20. The maximum atomic E-state index is 12.5. The topological polar surface area (TPSA) is 39.2 Å². The zero-order chi connectivity index (χ0) is 11.9. The van der Waals surface area contributed by atoms with Gasteiger partial charge in [-0.15, -0.1) is 0 Å². The Labute approximate surface area is 97.3 Å². The van der Waals surface area contributed by atoms with E-state index in [4.69, 9.17) is 10.2 Å². The first-order chi connectivity index (χ1) is 7.41. The minimum Gasteiger partial charge on any atom is -0.460 e. The Bertz CT molecular complexity index is 533. The molecule has 6 heteroatoms. The predicted octanol–water partition coefficient (Wildman–Crippen LogP) is 3.67. The molecule has 0 atom stereocenters. The minimum atomic E-state index is -4.38. The highest BCUT2D eigenvalue weighted by Gasteiger charge is 2.31. The van der Waals surface area contributed by atoms with E-state index in [1.54, 1.807) is 6.07 Å². The molecular formula is C10H7BrF3NO. The molecule has 0 amide bonds. The second-order valence-corrected chi connectivity index (χ2v) is 4.14. The van der Waals surface area contributed by atoms with Crippen molar-refractivity contribution < 1.29 is 17.6 Å². The van der Waals surface area contributed by atoms with E-state index in [2.05, 4.69) is 15.9 Å². The van der Waals surface area contributed by atoms with Gasteiger partial charge in [-0.2, -0.15) is 13.2 Å². The van der Waals surface area contributed by atoms with E-state index < -0.39 is 11.7 Å². The fraction of sp³-hybridized carbons (Fsp3) is 0.200. The first-order valence-electron chi connectivity index (χ1n) is 4.41. The Morgan fingerprint density at radius 1 is 1.25 bits per heavy atom. The number of nitrogens with two attached hydrogens (primary N) is 1. The van der Waals surface area contributed by atoms with E-state index in [0.717, 1.165) is 12.1 Å². The lowest BCUT2D eigenvalue weighted by Crippen LogP contribution is -2.04. The second kappa shape index (κ2) is 3.78. The number of benzene rings is 1. The van der Waals surface area contributed by atoms with Crippen LogP contribution in [0.1, 0.15) is 11.3 Å². The van der Waals surface area contributed by atoms with Crippen LogP contribution in [0, 0.1) is 0 Å². The highest BCUT2D eigenvalue weighted by atomic mass is 79.9. The number of rotatable bonds is 1. The van der Waals surface area contributed by atoms with Crippen molar-refractivity contribution in [1.29, 1.82) is 0 Å². The summed E-state index contributed by atoms with van der Waals surface area (Å²) in [5.41, 5.74) is 4.79. The Balaban J connectivity index is 2.67. The molecule has 1 aromatic carbocycles. The van der Waals surface area contributed by atoms with Gasteiger partial charge in [-0.05, 0) is 18.2 Å². The first kappa shape index (κ1) is 11.5. The van der Waals surface area contributed by atoms with Crippen molar-refractivity contribution in [3.8, 4) is 0 Å². The SMILES string of the molecule is NCc1cc2c(Br)cc(C(F)(F)F)cc2o1. The quantitative estimate of drug-likeness (QED) is 0.871. The Kier molecular flexibility index (Phi) is 2.71. The van der Waals surface area contributed by atoms with Gasteiger partial charge in [0.05, 0.1) is 12.1 Å². The molecule has 2 rings (SSSR count). The molecule has 0 aliphatic carbocycles. The largest absolute Gasteiger partial charge is 0.460 e. The molecule has 0 spiro atoms. The van der Waals surface area contributed by atoms with Crippen molar-refractivity contribution in [3.05, 3.63) is 34.0 Å². The third kappa shape index (κ3) is 1.94. The Morgan fingerprint density at radius 2 is 1.94 bits per heavy atom. The van der Waals surface area contributed by atoms with Gasteiger partial charge in [0.2, 0.25) is 0 Å². The van der Waals surface area contributed by atoms with Gasteiger partial charge >= 0.3 is 6.18 Å². The lowest BCUT2D eigenvalue weighted by atomic mass is 10.1. The maximum absolute atomic E-state index is 12.5. The molecule has 0 aliphatic rings. The van der Waals surface area contributed by atoms with Gasteiger partial charge in [0.25, 0.3) is 0 Å². The average molecular weight is 294 g/mol. The molecule has 0 bridgehead atoms. The van der Waals surface area contributed by atoms with Crippen molar-refractivity contribution in [2.45, 2.75) is 12.7 Å². The molecule has 1 heterocycles. The van der Waals surface area contributed by atoms with Gasteiger partial charge in [-0.25, -0.2) is 0 Å². The molecule has 0 saturated heterocycles. The summed E-state index contributed by atoms with van der Waals surface area (Å²) in [6.45, 7) is 0.155. The number of alkyl halides is 3. The van der Waals surface area contributed by atoms with Gasteiger partial charge in [0.15, 0.2) is 0 Å². The highest BCUT2D eigenvalue weighted by Crippen LogP contribution is 2.36. The van der Waals surface area contributed by atoms with E-state index in [1.165, 1.54) is 0 Å². The fourth-order valence-electron chi connectivity index (χ4n) is 1.41. The van der Waals surface area contributed by atoms with Crippen molar-refractivity contribution in [3.63, 3.8) is 0 Å². The normalized spacial score (nSPS) is 12.3. The highest BCUT2D eigenvalue weighted by molar-refractivity contribution is 9.10. The Morgan fingerprint density at radius 3 is 2.50 bits per heavy atom. The van der Waals surface area contributed by atoms with Crippen LogP contribution in [0.15, 0.2) is 27.1 Å². The fourth-order valence-corrected chi connectivity index (χ4v) is 1.97. The summed E-state index contributed by atoms with van der Waals surface area (Å²) in [5.74, 6) is 0.454. The zero-order valence-electron chi connectivity index (χ0n) is 7.94. The standard InChI is InChI=1S/C10H7BrF3NO/c11-8-1-5(10(12,13)14)2-9-7(8)3-6(4-15)16-9/h1-3H,4,15H2. The zero-order valence-corrected chi connectivity index (χ0v) is 9.52. The molecule has 0 radical (unpaired) electrons. The summed E-state index contributed by atoms with van der Waals surface area (Å²) >= 11 is 3.08. The van der Waals surface area contributed by atoms with Crippen LogP contribution in [0.25, 0.3) is 11.0 Å². The van der Waals surface area contributed by atoms with Crippen molar-refractivity contribution in [2.75, 3.05) is 0 Å². The summed E-state index contributed by atoms with van der Waals surface area (Å²) in [5, 5.41) is 0.591. The summed E-state index contributed by atoms with van der Waals surface area (Å²) in [7, 11) is 0. The number of halogens is 4. The number of furan rings is 1. The van der Waals surface area contributed by atoms with Gasteiger partial charge in [0, 0.05) is 9.86 Å². The van der Waals surface area contributed by atoms with E-state index >= 15 is 0 Å². The third-order valence-electron chi connectivity index (χ3n) is 2.17. The van der Waals surface area contributed by atoms with Crippen LogP contribution in [-0.4, -0.2) is 0 Å². The van der Waals surface area contributed by atoms with E-state index in [9.17, 15) is 13.2 Å². The van der Waals surface area contributed by atoms with Crippen LogP contribution in [0.3, 0.4) is 0 Å². The monoisotopic (exact) mass is 293 g/mol. The van der Waals surface area contributed by atoms with E-state index in [0.29, 0.717) is 15.6 Å². The predicted molar refractivity (Wildman–Crippen MR) is 56.8 cm³/mol. The van der Waals surface area contributed by atoms with Gasteiger partial charge in [-0.3, -0.25) is 0 Å². The van der Waals surface area contributed by atoms with Crippen LogP contribution in [0.2, 0.25) is 0 Å². The van der Waals surface area contributed by atoms with Crippen molar-refractivity contribution in [1.82, 2.24) is 0 Å². The molecule has 0 aliphatic heterocycles. The van der Waals surface area contributed by atoms with Gasteiger partial charge in [0.1, 0.15) is 11.3 Å². The molecule has 1 aromatic heterocycles. The molecule has 2 nitrogen and oxygen atoms in total. The molecule has 2 N–H and O–H groups in total. The summed E-state index contributed by atoms with van der Waals surface area (Å²) < 4.78 is 43.0. The summed E-state index contributed by atoms with van der Waals surface area (Å²) in [4.78, 5) is 0. The number of fused-ring (bicyclic) bond motifs is 1. The van der Waals surface area contributed by atoms with Crippen molar-refractivity contribution in [2.24, 2.45) is 5.73 Å². The van der Waals surface area contributed by atoms with Crippen LogP contribution in [0.5, 0.6) is 0 Å². The molecule has 86 valence electrons. The Hall–Kier alpha value is -1.01. The average Bonchev–Trinajstić information content (AvgIpc) is 2.59. The summed E-state index contributed by atoms with van der Waals surface area (Å²) in [6.07, 6.45) is -4.38. The van der Waals surface area contributed by atoms with Crippen LogP contribution < -0.4 is 5.73 Å². The van der Waals surface area contributed by atoms with Crippen LogP contribution in [0.4, 0.5) is 13.2 Å². The maximum Gasteiger partial charge on any atom is 0.416 e. The number of hydrogen-bond acceptors (Lipinski definition) is 2. The molecule has 16 heavy (non-hydrogen) atoms. The smallest absolute Gasteiger partial charge is 0.416 e. The van der Waals surface area contributed by atoms with E-state index in [1.807, 2.05) is 0 Å². The lowest BCUT2D eigenvalue weighted by molar-refractivity contribution is -0.137.